The van der Waals surface area contributed by atoms with E-state index in [4.69, 9.17) is 0 Å². The number of anilines is 1. The monoisotopic (exact) mass is 210 g/mol. The molecule has 0 atom stereocenters. The molecule has 0 saturated heterocycles. The fourth-order valence-electron chi connectivity index (χ4n) is 1.04. The van der Waals surface area contributed by atoms with Crippen LogP contribution in [-0.2, 0) is 4.79 Å². The van der Waals surface area contributed by atoms with Crippen molar-refractivity contribution in [3.63, 3.8) is 0 Å². The highest BCUT2D eigenvalue weighted by molar-refractivity contribution is 5.80. The van der Waals surface area contributed by atoms with Crippen LogP contribution in [0, 0.1) is 0 Å². The number of hydrogen-bond acceptors (Lipinski definition) is 4. The van der Waals surface area contributed by atoms with Crippen LogP contribution in [0.2, 0.25) is 0 Å². The molecule has 0 radical (unpaired) electrons. The molecule has 0 aromatic carbocycles. The van der Waals surface area contributed by atoms with E-state index in [9.17, 15) is 9.59 Å². The van der Waals surface area contributed by atoms with Gasteiger partial charge >= 0.3 is 0 Å². The average molecular weight is 210 g/mol. The Morgan fingerprint density at radius 1 is 1.47 bits per heavy atom. The van der Waals surface area contributed by atoms with Gasteiger partial charge in [0.05, 0.1) is 6.54 Å². The van der Waals surface area contributed by atoms with Crippen LogP contribution in [-0.4, -0.2) is 48.5 Å². The summed E-state index contributed by atoms with van der Waals surface area (Å²) in [6.07, 6.45) is 2.93. The number of H-pyrrole nitrogens is 1. The summed E-state index contributed by atoms with van der Waals surface area (Å²) >= 11 is 0. The number of hydrogen-bond donors (Lipinski definition) is 1. The number of nitrogens with one attached hydrogen (secondary N) is 1. The van der Waals surface area contributed by atoms with E-state index in [0.717, 1.165) is 0 Å². The number of likely N-dealkylation sites (N-methyl/N-ethyl adjacent to an activating group) is 2. The van der Waals surface area contributed by atoms with Gasteiger partial charge in [-0.3, -0.25) is 9.59 Å². The predicted molar refractivity (Wildman–Crippen MR) is 56.8 cm³/mol. The maximum absolute atomic E-state index is 11.4. The lowest BCUT2D eigenvalue weighted by Gasteiger charge is -2.18. The van der Waals surface area contributed by atoms with E-state index in [-0.39, 0.29) is 23.8 Å². The quantitative estimate of drug-likeness (QED) is 0.716. The van der Waals surface area contributed by atoms with Crippen LogP contribution >= 0.6 is 0 Å². The molecule has 0 saturated carbocycles. The van der Waals surface area contributed by atoms with Gasteiger partial charge < -0.3 is 14.8 Å². The minimum absolute atomic E-state index is 0.0810. The highest BCUT2D eigenvalue weighted by Crippen LogP contribution is 1.98. The van der Waals surface area contributed by atoms with Crippen LogP contribution in [0.25, 0.3) is 0 Å². The van der Waals surface area contributed by atoms with Gasteiger partial charge in [-0.2, -0.15) is 0 Å². The lowest BCUT2D eigenvalue weighted by atomic mass is 10.4. The molecule has 6 nitrogen and oxygen atoms in total. The first-order chi connectivity index (χ1) is 7.02. The number of amides is 1. The van der Waals surface area contributed by atoms with E-state index >= 15 is 0 Å². The molecule has 0 aliphatic rings. The summed E-state index contributed by atoms with van der Waals surface area (Å²) in [6, 6.07) is 0. The van der Waals surface area contributed by atoms with Crippen LogP contribution in [0.15, 0.2) is 17.2 Å². The largest absolute Gasteiger partial charge is 0.347 e. The summed E-state index contributed by atoms with van der Waals surface area (Å²) in [5, 5.41) is 0. The Balaban J connectivity index is 2.78. The van der Waals surface area contributed by atoms with Crippen LogP contribution in [0.4, 0.5) is 5.82 Å². The first-order valence-corrected chi connectivity index (χ1v) is 4.47. The molecule has 15 heavy (non-hydrogen) atoms. The zero-order valence-corrected chi connectivity index (χ0v) is 9.02. The summed E-state index contributed by atoms with van der Waals surface area (Å²) in [6.45, 7) is 0.132. The molecular formula is C9H14N4O2. The molecule has 0 spiro atoms. The zero-order chi connectivity index (χ0) is 11.4. The van der Waals surface area contributed by atoms with Crippen molar-refractivity contribution >= 4 is 11.7 Å². The maximum Gasteiger partial charge on any atom is 0.290 e. The van der Waals surface area contributed by atoms with Crippen molar-refractivity contribution in [1.29, 1.82) is 0 Å². The molecule has 82 valence electrons. The topological polar surface area (TPSA) is 69.3 Å². The number of nitrogens with zero attached hydrogens (tertiary/aromatic N) is 3. The van der Waals surface area contributed by atoms with Gasteiger partial charge in [-0.15, -0.1) is 0 Å². The van der Waals surface area contributed by atoms with Crippen LogP contribution in [0.3, 0.4) is 0 Å². The van der Waals surface area contributed by atoms with Crippen molar-refractivity contribution < 1.29 is 4.79 Å². The molecule has 0 unspecified atom stereocenters. The van der Waals surface area contributed by atoms with Crippen molar-refractivity contribution in [1.82, 2.24) is 14.9 Å². The highest BCUT2D eigenvalue weighted by atomic mass is 16.2. The van der Waals surface area contributed by atoms with E-state index in [0.29, 0.717) is 0 Å². The Hall–Kier alpha value is -1.85. The minimum Gasteiger partial charge on any atom is -0.347 e. The summed E-state index contributed by atoms with van der Waals surface area (Å²) in [5.41, 5.74) is -0.299. The van der Waals surface area contributed by atoms with Crippen molar-refractivity contribution in [3.8, 4) is 0 Å². The minimum atomic E-state index is -0.299. The van der Waals surface area contributed by atoms with E-state index in [2.05, 4.69) is 9.97 Å². The third kappa shape index (κ3) is 2.80. The third-order valence-electron chi connectivity index (χ3n) is 1.92. The normalized spacial score (nSPS) is 9.80. The number of carbonyl (C=O) groups is 1. The Kier molecular flexibility index (Phi) is 3.43. The Bertz CT molecular complexity index is 399. The summed E-state index contributed by atoms with van der Waals surface area (Å²) < 4.78 is 0. The molecular weight excluding hydrogens is 196 g/mol. The molecule has 0 fully saturated rings. The summed E-state index contributed by atoms with van der Waals surface area (Å²) in [5.74, 6) is 0.162. The first-order valence-electron chi connectivity index (χ1n) is 4.47. The molecule has 0 bridgehead atoms. The number of rotatable bonds is 3. The number of aromatic nitrogens is 2. The van der Waals surface area contributed by atoms with E-state index < -0.39 is 0 Å². The first kappa shape index (κ1) is 11.2. The maximum atomic E-state index is 11.4. The van der Waals surface area contributed by atoms with Crippen molar-refractivity contribution in [3.05, 3.63) is 22.7 Å². The van der Waals surface area contributed by atoms with Gasteiger partial charge in [0.25, 0.3) is 5.56 Å². The Morgan fingerprint density at radius 2 is 2.13 bits per heavy atom. The van der Waals surface area contributed by atoms with Gasteiger partial charge in [-0.25, -0.2) is 4.98 Å². The van der Waals surface area contributed by atoms with Gasteiger partial charge in [0.2, 0.25) is 5.91 Å². The van der Waals surface area contributed by atoms with Crippen LogP contribution < -0.4 is 10.5 Å². The lowest BCUT2D eigenvalue weighted by Crippen LogP contribution is -2.37. The molecule has 1 amide bonds. The molecule has 6 heteroatoms. The van der Waals surface area contributed by atoms with Crippen molar-refractivity contribution in [2.75, 3.05) is 32.6 Å². The van der Waals surface area contributed by atoms with Crippen molar-refractivity contribution in [2.24, 2.45) is 0 Å². The number of aromatic amines is 1. The van der Waals surface area contributed by atoms with Gasteiger partial charge in [0, 0.05) is 33.5 Å². The molecule has 0 aliphatic heterocycles. The highest BCUT2D eigenvalue weighted by Gasteiger charge is 2.12. The molecule has 1 aromatic rings. The number of carbonyl (C=O) groups excluding carboxylic acids is 1. The molecule has 1 heterocycles. The van der Waals surface area contributed by atoms with E-state index in [1.807, 2.05) is 0 Å². The zero-order valence-electron chi connectivity index (χ0n) is 9.02. The van der Waals surface area contributed by atoms with Gasteiger partial charge in [0.1, 0.15) is 0 Å². The molecule has 0 aliphatic carbocycles. The average Bonchev–Trinajstić information content (AvgIpc) is 2.18. The van der Waals surface area contributed by atoms with Gasteiger partial charge in [-0.1, -0.05) is 0 Å². The van der Waals surface area contributed by atoms with E-state index in [1.54, 1.807) is 21.1 Å². The third-order valence-corrected chi connectivity index (χ3v) is 1.92. The second-order valence-electron chi connectivity index (χ2n) is 3.39. The second kappa shape index (κ2) is 4.59. The summed E-state index contributed by atoms with van der Waals surface area (Å²) in [7, 11) is 4.98. The smallest absolute Gasteiger partial charge is 0.290 e. The van der Waals surface area contributed by atoms with Crippen LogP contribution in [0.5, 0.6) is 0 Å². The fraction of sp³-hybridized carbons (Fsp3) is 0.444. The summed E-state index contributed by atoms with van der Waals surface area (Å²) in [4.78, 5) is 32.1. The van der Waals surface area contributed by atoms with E-state index in [1.165, 1.54) is 22.2 Å². The standard InChI is InChI=1S/C9H14N4O2/c1-12(2)7(14)6-13(3)8-9(15)11-5-4-10-8/h4-5H,6H2,1-3H3,(H,11,15). The fourth-order valence-corrected chi connectivity index (χ4v) is 1.04. The second-order valence-corrected chi connectivity index (χ2v) is 3.39. The lowest BCUT2D eigenvalue weighted by molar-refractivity contribution is -0.127. The Labute approximate surface area is 87.5 Å². The van der Waals surface area contributed by atoms with Crippen LogP contribution in [0.1, 0.15) is 0 Å². The molecule has 1 rings (SSSR count). The predicted octanol–water partition coefficient (Wildman–Crippen LogP) is -0.706. The molecule has 1 aromatic heterocycles. The van der Waals surface area contributed by atoms with Gasteiger partial charge in [-0.05, 0) is 0 Å². The Morgan fingerprint density at radius 3 is 2.67 bits per heavy atom. The SMILES string of the molecule is CN(C)C(=O)CN(C)c1ncc[nH]c1=O. The molecule has 1 N–H and O–H groups in total. The van der Waals surface area contributed by atoms with Crippen molar-refractivity contribution in [2.45, 2.75) is 0 Å². The van der Waals surface area contributed by atoms with Gasteiger partial charge in [0.15, 0.2) is 5.82 Å².